The summed E-state index contributed by atoms with van der Waals surface area (Å²) in [7, 11) is 0. The molecule has 0 aromatic carbocycles. The first kappa shape index (κ1) is 15.8. The summed E-state index contributed by atoms with van der Waals surface area (Å²) >= 11 is 0. The molecular formula is C12H20N4O5. The zero-order chi connectivity index (χ0) is 16.3. The Bertz CT molecular complexity index is 628. The van der Waals surface area contributed by atoms with E-state index in [2.05, 4.69) is 9.97 Å². The minimum atomic E-state index is -1.92. The van der Waals surface area contributed by atoms with Crippen LogP contribution in [0.1, 0.15) is 27.7 Å². The number of hydrogen-bond donors (Lipinski definition) is 4. The van der Waals surface area contributed by atoms with Crippen molar-refractivity contribution in [3.05, 3.63) is 16.8 Å². The Labute approximate surface area is 121 Å². The van der Waals surface area contributed by atoms with Crippen molar-refractivity contribution in [1.82, 2.24) is 14.5 Å². The van der Waals surface area contributed by atoms with Gasteiger partial charge in [-0.2, -0.15) is 4.98 Å². The summed E-state index contributed by atoms with van der Waals surface area (Å²) in [5, 5.41) is 31.0. The fraction of sp³-hybridized carbons (Fsp3) is 0.750. The zero-order valence-electron chi connectivity index (χ0n) is 12.4. The van der Waals surface area contributed by atoms with Crippen molar-refractivity contribution in [2.45, 2.75) is 50.2 Å². The third-order valence-corrected chi connectivity index (χ3v) is 4.79. The van der Waals surface area contributed by atoms with Gasteiger partial charge in [0.2, 0.25) is 5.95 Å². The lowest BCUT2D eigenvalue weighted by Gasteiger charge is -2.41. The Morgan fingerprint density at radius 1 is 1.29 bits per heavy atom. The van der Waals surface area contributed by atoms with Crippen molar-refractivity contribution >= 4 is 5.95 Å². The van der Waals surface area contributed by atoms with Crippen LogP contribution < -0.4 is 11.4 Å². The molecule has 4 unspecified atom stereocenters. The van der Waals surface area contributed by atoms with E-state index in [1.54, 1.807) is 0 Å². The predicted octanol–water partition coefficient (Wildman–Crippen LogP) is -1.82. The maximum atomic E-state index is 12.0. The van der Waals surface area contributed by atoms with Crippen LogP contribution in [0.15, 0.2) is 11.1 Å². The van der Waals surface area contributed by atoms with Crippen molar-refractivity contribution in [2.24, 2.45) is 0 Å². The molecule has 0 radical (unpaired) electrons. The molecular weight excluding hydrogens is 280 g/mol. The Balaban J connectivity index is 2.70. The topological polar surface area (TPSA) is 144 Å². The number of nitrogens with zero attached hydrogens (tertiary/aromatic N) is 3. The average molecular weight is 300 g/mol. The van der Waals surface area contributed by atoms with E-state index in [-0.39, 0.29) is 5.95 Å². The van der Waals surface area contributed by atoms with Crippen LogP contribution in [0.2, 0.25) is 0 Å². The van der Waals surface area contributed by atoms with Crippen molar-refractivity contribution < 1.29 is 20.1 Å². The van der Waals surface area contributed by atoms with Gasteiger partial charge in [-0.1, -0.05) is 0 Å². The average Bonchev–Trinajstić information content (AvgIpc) is 2.46. The number of nitrogen functional groups attached to an aromatic ring is 1. The predicted molar refractivity (Wildman–Crippen MR) is 72.2 cm³/mol. The molecule has 5 N–H and O–H groups in total. The molecule has 0 bridgehead atoms. The second-order valence-corrected chi connectivity index (χ2v) is 5.99. The lowest BCUT2D eigenvalue weighted by molar-refractivity contribution is -0.197. The van der Waals surface area contributed by atoms with Crippen LogP contribution in [-0.2, 0) is 10.5 Å². The molecule has 1 saturated heterocycles. The van der Waals surface area contributed by atoms with E-state index in [1.807, 2.05) is 0 Å². The van der Waals surface area contributed by atoms with E-state index in [4.69, 9.17) is 10.5 Å². The summed E-state index contributed by atoms with van der Waals surface area (Å²) in [6, 6.07) is 0. The number of aliphatic hydroxyl groups is 3. The minimum Gasteiger partial charge on any atom is -0.393 e. The lowest BCUT2D eigenvalue weighted by atomic mass is 9.73. The van der Waals surface area contributed by atoms with Gasteiger partial charge in [-0.05, 0) is 27.7 Å². The fourth-order valence-electron chi connectivity index (χ4n) is 2.71. The molecule has 1 aliphatic heterocycles. The number of nitrogens with two attached hydrogens (primary N) is 1. The molecule has 2 rings (SSSR count). The Hall–Kier alpha value is -1.55. The Morgan fingerprint density at radius 2 is 1.86 bits per heavy atom. The van der Waals surface area contributed by atoms with Gasteiger partial charge in [0, 0.05) is 0 Å². The maximum Gasteiger partial charge on any atom is 0.354 e. The highest BCUT2D eigenvalue weighted by molar-refractivity contribution is 5.20. The van der Waals surface area contributed by atoms with Crippen LogP contribution in [0.3, 0.4) is 0 Å². The number of aromatic nitrogens is 3. The van der Waals surface area contributed by atoms with Gasteiger partial charge in [-0.3, -0.25) is 0 Å². The second kappa shape index (κ2) is 4.23. The molecule has 21 heavy (non-hydrogen) atoms. The molecule has 0 saturated carbocycles. The van der Waals surface area contributed by atoms with E-state index in [0.717, 1.165) is 10.9 Å². The summed E-state index contributed by atoms with van der Waals surface area (Å²) < 4.78 is 6.66. The number of anilines is 1. The highest BCUT2D eigenvalue weighted by Crippen LogP contribution is 2.53. The van der Waals surface area contributed by atoms with Crippen molar-refractivity contribution in [2.75, 3.05) is 12.3 Å². The van der Waals surface area contributed by atoms with Crippen molar-refractivity contribution in [3.63, 3.8) is 0 Å². The van der Waals surface area contributed by atoms with Crippen molar-refractivity contribution in [1.29, 1.82) is 0 Å². The molecule has 0 aliphatic carbocycles. The van der Waals surface area contributed by atoms with Crippen LogP contribution in [0.25, 0.3) is 0 Å². The van der Waals surface area contributed by atoms with E-state index >= 15 is 0 Å². The van der Waals surface area contributed by atoms with Crippen LogP contribution in [-0.4, -0.2) is 53.3 Å². The third-order valence-electron chi connectivity index (χ3n) is 4.79. The van der Waals surface area contributed by atoms with Crippen LogP contribution in [0, 0.1) is 0 Å². The molecule has 9 heteroatoms. The molecule has 0 spiro atoms. The van der Waals surface area contributed by atoms with Crippen LogP contribution in [0.4, 0.5) is 5.95 Å². The number of ether oxygens (including phenoxy) is 1. The van der Waals surface area contributed by atoms with E-state index in [0.29, 0.717) is 0 Å². The summed E-state index contributed by atoms with van der Waals surface area (Å²) in [5.41, 5.74) is -2.40. The molecule has 9 nitrogen and oxygen atoms in total. The summed E-state index contributed by atoms with van der Waals surface area (Å²) in [4.78, 5) is 19.2. The van der Waals surface area contributed by atoms with Gasteiger partial charge in [0.25, 0.3) is 0 Å². The van der Waals surface area contributed by atoms with E-state index in [9.17, 15) is 20.1 Å². The standard InChI is InChI=1S/C12H20N4O5/c1-9(5-17)10(2,19)11(3,20)12(4,21-9)16-6-14-7(13)15-8(16)18/h6,17,19-20H,5H2,1-4H3,(H2,13,15,18). The lowest BCUT2D eigenvalue weighted by Crippen LogP contribution is -2.64. The van der Waals surface area contributed by atoms with Crippen LogP contribution >= 0.6 is 0 Å². The van der Waals surface area contributed by atoms with Gasteiger partial charge in [0.05, 0.1) is 6.61 Å². The fourth-order valence-corrected chi connectivity index (χ4v) is 2.71. The molecule has 4 atom stereocenters. The quantitative estimate of drug-likeness (QED) is 0.499. The highest BCUT2D eigenvalue weighted by atomic mass is 16.6. The molecule has 1 aliphatic rings. The smallest absolute Gasteiger partial charge is 0.354 e. The van der Waals surface area contributed by atoms with Gasteiger partial charge >= 0.3 is 5.69 Å². The van der Waals surface area contributed by atoms with E-state index < -0.39 is 34.8 Å². The normalized spacial score (nSPS) is 43.2. The second-order valence-electron chi connectivity index (χ2n) is 5.99. The molecule has 1 aromatic rings. The minimum absolute atomic E-state index is 0.214. The Kier molecular flexibility index (Phi) is 3.19. The molecule has 118 valence electrons. The van der Waals surface area contributed by atoms with Crippen LogP contribution in [0.5, 0.6) is 0 Å². The first-order chi connectivity index (χ1) is 9.43. The zero-order valence-corrected chi connectivity index (χ0v) is 12.4. The highest BCUT2D eigenvalue weighted by Gasteiger charge is 2.73. The SMILES string of the molecule is CC1(CO)OC(C)(n2cnc(N)nc2=O)C(C)(O)C1(C)O. The molecule has 1 aromatic heterocycles. The Morgan fingerprint density at radius 3 is 2.29 bits per heavy atom. The third kappa shape index (κ3) is 1.75. The van der Waals surface area contributed by atoms with Gasteiger partial charge in [0.15, 0.2) is 5.72 Å². The summed E-state index contributed by atoms with van der Waals surface area (Å²) in [6.07, 6.45) is 1.08. The van der Waals surface area contributed by atoms with Gasteiger partial charge in [-0.25, -0.2) is 14.3 Å². The first-order valence-electron chi connectivity index (χ1n) is 6.40. The van der Waals surface area contributed by atoms with Gasteiger partial charge in [0.1, 0.15) is 23.1 Å². The first-order valence-corrected chi connectivity index (χ1v) is 6.40. The molecule has 0 amide bonds. The number of hydrogen-bond acceptors (Lipinski definition) is 8. The monoisotopic (exact) mass is 300 g/mol. The maximum absolute atomic E-state index is 12.0. The van der Waals surface area contributed by atoms with Gasteiger partial charge < -0.3 is 25.8 Å². The summed E-state index contributed by atoms with van der Waals surface area (Å²) in [5.74, 6) is -0.214. The summed E-state index contributed by atoms with van der Waals surface area (Å²) in [6.45, 7) is 4.93. The van der Waals surface area contributed by atoms with Gasteiger partial charge in [-0.15, -0.1) is 0 Å². The molecule has 2 heterocycles. The number of rotatable bonds is 2. The largest absolute Gasteiger partial charge is 0.393 e. The van der Waals surface area contributed by atoms with E-state index in [1.165, 1.54) is 27.7 Å². The van der Waals surface area contributed by atoms with Crippen molar-refractivity contribution in [3.8, 4) is 0 Å². The number of aliphatic hydroxyl groups excluding tert-OH is 1. The molecule has 1 fully saturated rings.